The minimum atomic E-state index is -0.783. The molecule has 1 unspecified atom stereocenters. The van der Waals surface area contributed by atoms with Gasteiger partial charge in [0.05, 0.1) is 11.0 Å². The lowest BCUT2D eigenvalue weighted by atomic mass is 10.1. The summed E-state index contributed by atoms with van der Waals surface area (Å²) in [5.74, 6) is -1.36. The molecule has 0 fully saturated rings. The van der Waals surface area contributed by atoms with Gasteiger partial charge in [-0.05, 0) is 25.0 Å². The van der Waals surface area contributed by atoms with Gasteiger partial charge < -0.3 is 5.32 Å². The van der Waals surface area contributed by atoms with Crippen LogP contribution in [-0.2, 0) is 0 Å². The number of hydrogen-bond acceptors (Lipinski definition) is 3. The molecule has 0 spiro atoms. The molecule has 1 atom stereocenters. The van der Waals surface area contributed by atoms with E-state index in [-0.39, 0.29) is 10.9 Å². The van der Waals surface area contributed by atoms with Crippen molar-refractivity contribution in [3.8, 4) is 0 Å². The van der Waals surface area contributed by atoms with Gasteiger partial charge in [-0.3, -0.25) is 14.9 Å². The van der Waals surface area contributed by atoms with E-state index in [9.17, 15) is 19.3 Å². The van der Waals surface area contributed by atoms with E-state index in [2.05, 4.69) is 5.32 Å². The molecule has 0 bridgehead atoms. The van der Waals surface area contributed by atoms with E-state index in [0.717, 1.165) is 24.6 Å². The van der Waals surface area contributed by atoms with Crippen molar-refractivity contribution in [3.05, 3.63) is 39.7 Å². The summed E-state index contributed by atoms with van der Waals surface area (Å²) in [5, 5.41) is 13.2. The smallest absolute Gasteiger partial charge is 0.285 e. The molecule has 19 heavy (non-hydrogen) atoms. The molecular formula is C12H14ClFN2O3. The number of alkyl halides is 1. The van der Waals surface area contributed by atoms with Gasteiger partial charge in [0.25, 0.3) is 11.6 Å². The minimum Gasteiger partial charge on any atom is -0.352 e. The maximum atomic E-state index is 12.9. The van der Waals surface area contributed by atoms with Gasteiger partial charge in [0.2, 0.25) is 0 Å². The van der Waals surface area contributed by atoms with Crippen LogP contribution in [0.5, 0.6) is 0 Å². The Morgan fingerprint density at radius 3 is 2.84 bits per heavy atom. The molecule has 0 saturated carbocycles. The second-order valence-corrected chi connectivity index (χ2v) is 4.59. The minimum absolute atomic E-state index is 0.0523. The Bertz CT molecular complexity index is 482. The van der Waals surface area contributed by atoms with Crippen LogP contribution in [0, 0.1) is 15.9 Å². The maximum absolute atomic E-state index is 12.9. The first kappa shape index (κ1) is 15.4. The predicted molar refractivity (Wildman–Crippen MR) is 69.9 cm³/mol. The second kappa shape index (κ2) is 7.04. The normalized spacial score (nSPS) is 11.9. The zero-order valence-corrected chi connectivity index (χ0v) is 11.1. The molecule has 0 saturated heterocycles. The van der Waals surface area contributed by atoms with Crippen molar-refractivity contribution in [3.63, 3.8) is 0 Å². The highest BCUT2D eigenvalue weighted by atomic mass is 35.5. The highest BCUT2D eigenvalue weighted by Gasteiger charge is 2.20. The number of rotatable bonds is 6. The lowest BCUT2D eigenvalue weighted by molar-refractivity contribution is -0.385. The molecule has 0 heterocycles. The molecule has 1 rings (SSSR count). The third-order valence-electron chi connectivity index (χ3n) is 2.59. The van der Waals surface area contributed by atoms with Gasteiger partial charge in [-0.25, -0.2) is 4.39 Å². The maximum Gasteiger partial charge on any atom is 0.285 e. The molecule has 7 heteroatoms. The molecule has 0 aliphatic heterocycles. The largest absolute Gasteiger partial charge is 0.352 e. The fraction of sp³-hybridized carbons (Fsp3) is 0.417. The van der Waals surface area contributed by atoms with Crippen molar-refractivity contribution < 1.29 is 14.1 Å². The standard InChI is InChI=1S/C12H14ClFN2O3/c1-2-8(13)5-6-15-12(17)10-4-3-9(14)7-11(10)16(18)19/h3-4,7-8H,2,5-6H2,1H3,(H,15,17). The van der Waals surface area contributed by atoms with Crippen molar-refractivity contribution in [1.29, 1.82) is 0 Å². The lowest BCUT2D eigenvalue weighted by Crippen LogP contribution is -2.26. The van der Waals surface area contributed by atoms with Crippen LogP contribution in [0.25, 0.3) is 0 Å². The summed E-state index contributed by atoms with van der Waals surface area (Å²) in [6, 6.07) is 2.84. The highest BCUT2D eigenvalue weighted by Crippen LogP contribution is 2.19. The Morgan fingerprint density at radius 2 is 2.26 bits per heavy atom. The number of amides is 1. The van der Waals surface area contributed by atoms with E-state index >= 15 is 0 Å². The van der Waals surface area contributed by atoms with Crippen LogP contribution in [0.1, 0.15) is 30.1 Å². The number of carbonyl (C=O) groups excluding carboxylic acids is 1. The van der Waals surface area contributed by atoms with Crippen LogP contribution in [0.2, 0.25) is 0 Å². The number of nitro groups is 1. The van der Waals surface area contributed by atoms with Gasteiger partial charge in [-0.15, -0.1) is 11.6 Å². The monoisotopic (exact) mass is 288 g/mol. The quantitative estimate of drug-likeness (QED) is 0.497. The fourth-order valence-electron chi connectivity index (χ4n) is 1.49. The van der Waals surface area contributed by atoms with E-state index < -0.39 is 22.3 Å². The summed E-state index contributed by atoms with van der Waals surface area (Å²) >= 11 is 5.89. The van der Waals surface area contributed by atoms with Gasteiger partial charge in [0, 0.05) is 11.9 Å². The summed E-state index contributed by atoms with van der Waals surface area (Å²) in [4.78, 5) is 21.7. The number of carbonyl (C=O) groups is 1. The Labute approximate surface area is 114 Å². The zero-order valence-electron chi connectivity index (χ0n) is 10.4. The molecule has 5 nitrogen and oxygen atoms in total. The number of halogens is 2. The van der Waals surface area contributed by atoms with Crippen LogP contribution in [0.4, 0.5) is 10.1 Å². The summed E-state index contributed by atoms with van der Waals surface area (Å²) in [6.07, 6.45) is 1.34. The third-order valence-corrected chi connectivity index (χ3v) is 3.11. The average Bonchev–Trinajstić information content (AvgIpc) is 2.38. The Balaban J connectivity index is 2.74. The summed E-state index contributed by atoms with van der Waals surface area (Å²) in [5.41, 5.74) is -0.704. The molecule has 0 aromatic heterocycles. The van der Waals surface area contributed by atoms with Crippen LogP contribution >= 0.6 is 11.6 Å². The predicted octanol–water partition coefficient (Wildman–Crippen LogP) is 2.87. The Hall–Kier alpha value is -1.69. The molecule has 1 aromatic rings. The van der Waals surface area contributed by atoms with E-state index in [0.29, 0.717) is 13.0 Å². The van der Waals surface area contributed by atoms with E-state index in [1.807, 2.05) is 6.92 Å². The number of benzene rings is 1. The fourth-order valence-corrected chi connectivity index (χ4v) is 1.60. The number of hydrogen-bond donors (Lipinski definition) is 1. The molecule has 1 N–H and O–H groups in total. The number of nitrogens with zero attached hydrogens (tertiary/aromatic N) is 1. The van der Waals surface area contributed by atoms with Gasteiger partial charge in [-0.1, -0.05) is 6.92 Å². The molecule has 0 aliphatic carbocycles. The highest BCUT2D eigenvalue weighted by molar-refractivity contribution is 6.20. The Morgan fingerprint density at radius 1 is 1.58 bits per heavy atom. The molecule has 1 aromatic carbocycles. The first-order valence-corrected chi connectivity index (χ1v) is 6.25. The van der Waals surface area contributed by atoms with E-state index in [4.69, 9.17) is 11.6 Å². The second-order valence-electron chi connectivity index (χ2n) is 3.97. The number of nitro benzene ring substituents is 1. The molecule has 104 valence electrons. The van der Waals surface area contributed by atoms with Crippen molar-refractivity contribution in [1.82, 2.24) is 5.32 Å². The van der Waals surface area contributed by atoms with Crippen LogP contribution in [0.15, 0.2) is 18.2 Å². The van der Waals surface area contributed by atoms with Crippen LogP contribution < -0.4 is 5.32 Å². The van der Waals surface area contributed by atoms with E-state index in [1.54, 1.807) is 0 Å². The van der Waals surface area contributed by atoms with Crippen molar-refractivity contribution in [2.24, 2.45) is 0 Å². The topological polar surface area (TPSA) is 72.2 Å². The van der Waals surface area contributed by atoms with Crippen molar-refractivity contribution in [2.45, 2.75) is 25.1 Å². The average molecular weight is 289 g/mol. The molecule has 0 aliphatic rings. The first-order chi connectivity index (χ1) is 8.95. The van der Waals surface area contributed by atoms with Gasteiger partial charge in [-0.2, -0.15) is 0 Å². The number of nitrogens with one attached hydrogen (secondary N) is 1. The lowest BCUT2D eigenvalue weighted by Gasteiger charge is -2.08. The molecule has 0 radical (unpaired) electrons. The van der Waals surface area contributed by atoms with E-state index in [1.165, 1.54) is 0 Å². The summed E-state index contributed by atoms with van der Waals surface area (Å²) in [6.45, 7) is 2.24. The first-order valence-electron chi connectivity index (χ1n) is 5.82. The summed E-state index contributed by atoms with van der Waals surface area (Å²) < 4.78 is 12.9. The van der Waals surface area contributed by atoms with Crippen LogP contribution in [0.3, 0.4) is 0 Å². The zero-order chi connectivity index (χ0) is 14.4. The molecular weight excluding hydrogens is 275 g/mol. The van der Waals surface area contributed by atoms with Crippen molar-refractivity contribution >= 4 is 23.2 Å². The van der Waals surface area contributed by atoms with Gasteiger partial charge in [0.15, 0.2) is 0 Å². The molecule has 1 amide bonds. The Kier molecular flexibility index (Phi) is 5.69. The van der Waals surface area contributed by atoms with Gasteiger partial charge >= 0.3 is 0 Å². The SMILES string of the molecule is CCC(Cl)CCNC(=O)c1ccc(F)cc1[N+](=O)[O-]. The van der Waals surface area contributed by atoms with Gasteiger partial charge in [0.1, 0.15) is 11.4 Å². The van der Waals surface area contributed by atoms with Crippen molar-refractivity contribution in [2.75, 3.05) is 6.54 Å². The van der Waals surface area contributed by atoms with Crippen LogP contribution in [-0.4, -0.2) is 22.8 Å². The third kappa shape index (κ3) is 4.48. The summed E-state index contributed by atoms with van der Waals surface area (Å²) in [7, 11) is 0.